The number of carbonyl (C=O) groups excluding carboxylic acids is 1. The van der Waals surface area contributed by atoms with E-state index in [-0.39, 0.29) is 5.91 Å². The molecule has 0 aliphatic heterocycles. The topological polar surface area (TPSA) is 49.3 Å². The zero-order valence-corrected chi connectivity index (χ0v) is 16.9. The average molecular weight is 354 g/mol. The third-order valence-corrected chi connectivity index (χ3v) is 4.67. The van der Waals surface area contributed by atoms with Crippen LogP contribution in [-0.4, -0.2) is 23.7 Å². The van der Waals surface area contributed by atoms with Crippen LogP contribution in [0.1, 0.15) is 110 Å². The molecule has 0 aliphatic carbocycles. The number of hydrogen-bond acceptors (Lipinski definition) is 2. The van der Waals surface area contributed by atoms with Gasteiger partial charge in [0.25, 0.3) is 0 Å². The average Bonchev–Trinajstić information content (AvgIpc) is 2.62. The number of hydrogen-bond donors (Lipinski definition) is 2. The normalized spacial score (nSPS) is 12.6. The van der Waals surface area contributed by atoms with Crippen molar-refractivity contribution in [3.63, 3.8) is 0 Å². The van der Waals surface area contributed by atoms with E-state index in [9.17, 15) is 9.90 Å². The first-order valence-electron chi connectivity index (χ1n) is 10.8. The van der Waals surface area contributed by atoms with E-state index in [4.69, 9.17) is 0 Å². The summed E-state index contributed by atoms with van der Waals surface area (Å²) in [6.45, 7) is 4.57. The Morgan fingerprint density at radius 3 is 1.92 bits per heavy atom. The van der Waals surface area contributed by atoms with Gasteiger partial charge in [-0.25, -0.2) is 0 Å². The summed E-state index contributed by atoms with van der Waals surface area (Å²) in [7, 11) is 0. The lowest BCUT2D eigenvalue weighted by atomic mass is 10.1. The van der Waals surface area contributed by atoms with Gasteiger partial charge in [0.2, 0.25) is 5.91 Å². The second-order valence-electron chi connectivity index (χ2n) is 7.20. The van der Waals surface area contributed by atoms with E-state index in [2.05, 4.69) is 24.4 Å². The standard InChI is InChI=1S/C22H43NO2/c1-3-5-6-7-8-9-10-11-12-13-14-15-16-17-18-19-22(25)23-20-21(24)4-2/h11-12,21,24H,3-10,13-20H2,1-2H3,(H,23,25)/b12-11+. The summed E-state index contributed by atoms with van der Waals surface area (Å²) in [5.41, 5.74) is 0. The molecule has 0 saturated heterocycles. The van der Waals surface area contributed by atoms with Crippen molar-refractivity contribution in [1.82, 2.24) is 5.32 Å². The van der Waals surface area contributed by atoms with Crippen LogP contribution in [0.2, 0.25) is 0 Å². The van der Waals surface area contributed by atoms with Crippen LogP contribution in [0.5, 0.6) is 0 Å². The van der Waals surface area contributed by atoms with Crippen LogP contribution in [0.3, 0.4) is 0 Å². The molecule has 3 heteroatoms. The Morgan fingerprint density at radius 2 is 1.36 bits per heavy atom. The molecule has 1 atom stereocenters. The second kappa shape index (κ2) is 19.5. The first-order chi connectivity index (χ1) is 12.2. The molecule has 0 heterocycles. The van der Waals surface area contributed by atoms with Crippen molar-refractivity contribution in [2.75, 3.05) is 6.54 Å². The third-order valence-electron chi connectivity index (χ3n) is 4.67. The fraction of sp³-hybridized carbons (Fsp3) is 0.864. The highest BCUT2D eigenvalue weighted by molar-refractivity contribution is 5.75. The molecule has 0 aromatic carbocycles. The molecule has 25 heavy (non-hydrogen) atoms. The minimum Gasteiger partial charge on any atom is -0.391 e. The molecule has 3 nitrogen and oxygen atoms in total. The number of carbonyl (C=O) groups is 1. The van der Waals surface area contributed by atoms with Crippen LogP contribution in [0.4, 0.5) is 0 Å². The van der Waals surface area contributed by atoms with Gasteiger partial charge in [0.05, 0.1) is 6.10 Å². The Morgan fingerprint density at radius 1 is 0.840 bits per heavy atom. The highest BCUT2D eigenvalue weighted by Crippen LogP contribution is 2.09. The van der Waals surface area contributed by atoms with E-state index in [0.29, 0.717) is 19.4 Å². The quantitative estimate of drug-likeness (QED) is 0.238. The smallest absolute Gasteiger partial charge is 0.220 e. The first kappa shape index (κ1) is 24.2. The Labute approximate surface area is 156 Å². The summed E-state index contributed by atoms with van der Waals surface area (Å²) in [6, 6.07) is 0. The van der Waals surface area contributed by atoms with Gasteiger partial charge in [-0.05, 0) is 38.5 Å². The number of allylic oxidation sites excluding steroid dienone is 2. The molecule has 0 radical (unpaired) electrons. The number of aliphatic hydroxyl groups is 1. The van der Waals surface area contributed by atoms with Crippen molar-refractivity contribution in [3.05, 3.63) is 12.2 Å². The molecule has 0 aromatic rings. The van der Waals surface area contributed by atoms with Gasteiger partial charge >= 0.3 is 0 Å². The van der Waals surface area contributed by atoms with Crippen LogP contribution < -0.4 is 5.32 Å². The van der Waals surface area contributed by atoms with E-state index < -0.39 is 6.10 Å². The highest BCUT2D eigenvalue weighted by Gasteiger charge is 2.04. The maximum absolute atomic E-state index is 11.6. The van der Waals surface area contributed by atoms with E-state index in [1.54, 1.807) is 0 Å². The molecule has 0 bridgehead atoms. The van der Waals surface area contributed by atoms with Gasteiger partial charge in [-0.1, -0.05) is 77.4 Å². The van der Waals surface area contributed by atoms with Crippen LogP contribution in [0.15, 0.2) is 12.2 Å². The SMILES string of the molecule is CCCCCCCC/C=C/CCCCCCCC(=O)NCC(O)CC. The summed E-state index contributed by atoms with van der Waals surface area (Å²) < 4.78 is 0. The predicted molar refractivity (Wildman–Crippen MR) is 109 cm³/mol. The Balaban J connectivity index is 3.22. The molecule has 148 valence electrons. The largest absolute Gasteiger partial charge is 0.391 e. The van der Waals surface area contributed by atoms with Crippen molar-refractivity contribution in [3.8, 4) is 0 Å². The molecule has 0 aromatic heterocycles. The summed E-state index contributed by atoms with van der Waals surface area (Å²) >= 11 is 0. The number of rotatable bonds is 18. The zero-order chi connectivity index (χ0) is 18.6. The lowest BCUT2D eigenvalue weighted by Gasteiger charge is -2.09. The van der Waals surface area contributed by atoms with E-state index >= 15 is 0 Å². The fourth-order valence-corrected chi connectivity index (χ4v) is 2.82. The Kier molecular flexibility index (Phi) is 18.8. The summed E-state index contributed by atoms with van der Waals surface area (Å²) in [4.78, 5) is 11.6. The van der Waals surface area contributed by atoms with Crippen molar-refractivity contribution in [2.45, 2.75) is 116 Å². The summed E-state index contributed by atoms with van der Waals surface area (Å²) in [6.07, 6.45) is 22.1. The lowest BCUT2D eigenvalue weighted by Crippen LogP contribution is -2.31. The lowest BCUT2D eigenvalue weighted by molar-refractivity contribution is -0.121. The molecule has 2 N–H and O–H groups in total. The number of unbranched alkanes of at least 4 members (excludes halogenated alkanes) is 11. The van der Waals surface area contributed by atoms with Gasteiger partial charge < -0.3 is 10.4 Å². The number of aliphatic hydroxyl groups excluding tert-OH is 1. The Bertz CT molecular complexity index is 315. The number of nitrogens with one attached hydrogen (secondary N) is 1. The van der Waals surface area contributed by atoms with Crippen molar-refractivity contribution >= 4 is 5.91 Å². The maximum Gasteiger partial charge on any atom is 0.220 e. The van der Waals surface area contributed by atoms with E-state index in [0.717, 1.165) is 12.8 Å². The van der Waals surface area contributed by atoms with Crippen molar-refractivity contribution in [1.29, 1.82) is 0 Å². The molecule has 0 spiro atoms. The molecule has 0 rings (SSSR count). The Hall–Kier alpha value is -0.830. The monoisotopic (exact) mass is 353 g/mol. The van der Waals surface area contributed by atoms with Gasteiger partial charge in [0.15, 0.2) is 0 Å². The zero-order valence-electron chi connectivity index (χ0n) is 16.9. The van der Waals surface area contributed by atoms with Crippen molar-refractivity contribution < 1.29 is 9.90 Å². The number of amides is 1. The first-order valence-corrected chi connectivity index (χ1v) is 10.8. The molecule has 0 saturated carbocycles. The van der Waals surface area contributed by atoms with Crippen LogP contribution in [0, 0.1) is 0 Å². The molecular weight excluding hydrogens is 310 g/mol. The maximum atomic E-state index is 11.6. The highest BCUT2D eigenvalue weighted by atomic mass is 16.3. The van der Waals surface area contributed by atoms with Crippen LogP contribution in [0.25, 0.3) is 0 Å². The van der Waals surface area contributed by atoms with Gasteiger partial charge in [0.1, 0.15) is 0 Å². The summed E-state index contributed by atoms with van der Waals surface area (Å²) in [5, 5.41) is 12.2. The van der Waals surface area contributed by atoms with Gasteiger partial charge in [0, 0.05) is 13.0 Å². The van der Waals surface area contributed by atoms with Gasteiger partial charge in [-0.15, -0.1) is 0 Å². The predicted octanol–water partition coefficient (Wildman–Crippen LogP) is 5.91. The second-order valence-corrected chi connectivity index (χ2v) is 7.20. The minimum absolute atomic E-state index is 0.0742. The third kappa shape index (κ3) is 19.3. The fourth-order valence-electron chi connectivity index (χ4n) is 2.82. The van der Waals surface area contributed by atoms with Crippen LogP contribution in [-0.2, 0) is 4.79 Å². The molecule has 1 amide bonds. The van der Waals surface area contributed by atoms with Crippen LogP contribution >= 0.6 is 0 Å². The molecule has 1 unspecified atom stereocenters. The van der Waals surface area contributed by atoms with E-state index in [1.807, 2.05) is 6.92 Å². The molecule has 0 fully saturated rings. The summed E-state index contributed by atoms with van der Waals surface area (Å²) in [5.74, 6) is 0.0742. The van der Waals surface area contributed by atoms with Gasteiger partial charge in [-0.3, -0.25) is 4.79 Å². The van der Waals surface area contributed by atoms with Crippen molar-refractivity contribution in [2.24, 2.45) is 0 Å². The van der Waals surface area contributed by atoms with E-state index in [1.165, 1.54) is 70.6 Å². The van der Waals surface area contributed by atoms with Gasteiger partial charge in [-0.2, -0.15) is 0 Å². The minimum atomic E-state index is -0.405. The molecule has 0 aliphatic rings. The molecular formula is C22H43NO2.